The molecule has 1 fully saturated rings. The molecule has 2 N–H and O–H groups in total. The molecule has 0 aromatic carbocycles. The highest BCUT2D eigenvalue weighted by Gasteiger charge is 2.31. The second kappa shape index (κ2) is 4.96. The van der Waals surface area contributed by atoms with E-state index < -0.39 is 0 Å². The van der Waals surface area contributed by atoms with Gasteiger partial charge in [-0.2, -0.15) is 5.10 Å². The van der Waals surface area contributed by atoms with Crippen LogP contribution in [0.5, 0.6) is 0 Å². The van der Waals surface area contributed by atoms with Crippen molar-refractivity contribution in [1.82, 2.24) is 14.8 Å². The van der Waals surface area contributed by atoms with Crippen molar-refractivity contribution in [3.8, 4) is 0 Å². The molecular weight excluding hydrogens is 216 g/mol. The van der Waals surface area contributed by atoms with Crippen molar-refractivity contribution in [3.05, 3.63) is 12.2 Å². The summed E-state index contributed by atoms with van der Waals surface area (Å²) in [6, 6.07) is 0. The molecule has 5 heteroatoms. The smallest absolute Gasteiger partial charge is 0.142 e. The number of carbonyl (C=O) groups is 1. The third-order valence-electron chi connectivity index (χ3n) is 3.50. The first-order valence-electron chi connectivity index (χ1n) is 6.30. The Hall–Kier alpha value is -1.23. The zero-order valence-electron chi connectivity index (χ0n) is 10.4. The van der Waals surface area contributed by atoms with Gasteiger partial charge in [-0.15, -0.1) is 0 Å². The third-order valence-corrected chi connectivity index (χ3v) is 3.50. The van der Waals surface area contributed by atoms with Crippen LogP contribution in [0, 0.1) is 0 Å². The second-order valence-corrected chi connectivity index (χ2v) is 4.95. The standard InChI is InChI=1S/C12H20N4O/c1-2-16-11(14-9-15-16)7-10(17)8-12(13)5-3-4-6-12/h9H,2-8,13H2,1H3. The number of aromatic nitrogens is 3. The SMILES string of the molecule is CCn1ncnc1CC(=O)CC1(N)CCCC1. The molecule has 0 amide bonds. The van der Waals surface area contributed by atoms with Gasteiger partial charge in [-0.3, -0.25) is 4.79 Å². The molecule has 1 aliphatic carbocycles. The van der Waals surface area contributed by atoms with Crippen LogP contribution < -0.4 is 5.73 Å². The van der Waals surface area contributed by atoms with E-state index in [4.69, 9.17) is 5.73 Å². The fraction of sp³-hybridized carbons (Fsp3) is 0.750. The zero-order valence-corrected chi connectivity index (χ0v) is 10.4. The largest absolute Gasteiger partial charge is 0.325 e. The van der Waals surface area contributed by atoms with Gasteiger partial charge in [0.15, 0.2) is 0 Å². The van der Waals surface area contributed by atoms with Crippen LogP contribution in [0.4, 0.5) is 0 Å². The van der Waals surface area contributed by atoms with Gasteiger partial charge in [0.05, 0.1) is 6.42 Å². The van der Waals surface area contributed by atoms with Gasteiger partial charge in [0.1, 0.15) is 17.9 Å². The summed E-state index contributed by atoms with van der Waals surface area (Å²) in [4.78, 5) is 16.1. The molecule has 0 radical (unpaired) electrons. The quantitative estimate of drug-likeness (QED) is 0.830. The van der Waals surface area contributed by atoms with Crippen LogP contribution in [0.1, 0.15) is 44.9 Å². The molecule has 0 saturated heterocycles. The van der Waals surface area contributed by atoms with Gasteiger partial charge < -0.3 is 5.73 Å². The molecule has 1 saturated carbocycles. The van der Waals surface area contributed by atoms with Crippen LogP contribution in [-0.2, 0) is 17.8 Å². The van der Waals surface area contributed by atoms with Gasteiger partial charge in [0.2, 0.25) is 0 Å². The minimum Gasteiger partial charge on any atom is -0.325 e. The van der Waals surface area contributed by atoms with Gasteiger partial charge >= 0.3 is 0 Å². The van der Waals surface area contributed by atoms with Crippen LogP contribution in [-0.4, -0.2) is 26.1 Å². The highest BCUT2D eigenvalue weighted by atomic mass is 16.1. The first-order valence-corrected chi connectivity index (χ1v) is 6.30. The second-order valence-electron chi connectivity index (χ2n) is 4.95. The van der Waals surface area contributed by atoms with E-state index in [-0.39, 0.29) is 11.3 Å². The number of aryl methyl sites for hydroxylation is 1. The van der Waals surface area contributed by atoms with E-state index in [1.54, 1.807) is 4.68 Å². The molecule has 94 valence electrons. The minimum absolute atomic E-state index is 0.178. The van der Waals surface area contributed by atoms with Crippen LogP contribution in [0.15, 0.2) is 6.33 Å². The summed E-state index contributed by atoms with van der Waals surface area (Å²) in [7, 11) is 0. The number of Topliss-reactive ketones (excluding diaryl/α,β-unsaturated/α-hetero) is 1. The Balaban J connectivity index is 1.93. The highest BCUT2D eigenvalue weighted by Crippen LogP contribution is 2.30. The molecule has 0 unspecified atom stereocenters. The van der Waals surface area contributed by atoms with Gasteiger partial charge in [-0.25, -0.2) is 9.67 Å². The number of nitrogens with two attached hydrogens (primary N) is 1. The Morgan fingerprint density at radius 2 is 2.24 bits per heavy atom. The Bertz CT molecular complexity index is 393. The summed E-state index contributed by atoms with van der Waals surface area (Å²) >= 11 is 0. The van der Waals surface area contributed by atoms with Crippen molar-refractivity contribution in [1.29, 1.82) is 0 Å². The Kier molecular flexibility index (Phi) is 3.57. The van der Waals surface area contributed by atoms with Crippen LogP contribution in [0.25, 0.3) is 0 Å². The molecule has 1 aromatic rings. The number of ketones is 1. The van der Waals surface area contributed by atoms with Crippen molar-refractivity contribution in [2.24, 2.45) is 5.73 Å². The number of hydrogen-bond donors (Lipinski definition) is 1. The van der Waals surface area contributed by atoms with Crippen LogP contribution in [0.3, 0.4) is 0 Å². The van der Waals surface area contributed by atoms with Crippen LogP contribution >= 0.6 is 0 Å². The lowest BCUT2D eigenvalue weighted by molar-refractivity contribution is -0.119. The fourth-order valence-corrected chi connectivity index (χ4v) is 2.58. The van der Waals surface area contributed by atoms with Crippen LogP contribution in [0.2, 0.25) is 0 Å². The Morgan fingerprint density at radius 1 is 1.53 bits per heavy atom. The van der Waals surface area contributed by atoms with Crippen molar-refractivity contribution < 1.29 is 4.79 Å². The summed E-state index contributed by atoms with van der Waals surface area (Å²) < 4.78 is 1.76. The lowest BCUT2D eigenvalue weighted by Crippen LogP contribution is -2.39. The average molecular weight is 236 g/mol. The summed E-state index contributed by atoms with van der Waals surface area (Å²) in [5, 5.41) is 4.06. The van der Waals surface area contributed by atoms with Gasteiger partial charge in [0.25, 0.3) is 0 Å². The molecule has 0 aliphatic heterocycles. The summed E-state index contributed by atoms with van der Waals surface area (Å²) in [5.74, 6) is 0.927. The monoisotopic (exact) mass is 236 g/mol. The maximum atomic E-state index is 12.0. The lowest BCUT2D eigenvalue weighted by Gasteiger charge is -2.22. The zero-order chi connectivity index (χ0) is 12.3. The van der Waals surface area contributed by atoms with Crippen molar-refractivity contribution in [2.75, 3.05) is 0 Å². The Morgan fingerprint density at radius 3 is 2.88 bits per heavy atom. The number of hydrogen-bond acceptors (Lipinski definition) is 4. The number of rotatable bonds is 5. The molecule has 0 spiro atoms. The number of carbonyl (C=O) groups excluding carboxylic acids is 1. The van der Waals surface area contributed by atoms with E-state index in [2.05, 4.69) is 10.1 Å². The molecule has 1 aliphatic rings. The maximum absolute atomic E-state index is 12.0. The van der Waals surface area contributed by atoms with E-state index in [1.165, 1.54) is 6.33 Å². The van der Waals surface area contributed by atoms with E-state index >= 15 is 0 Å². The third kappa shape index (κ3) is 2.91. The van der Waals surface area contributed by atoms with E-state index in [0.29, 0.717) is 12.8 Å². The highest BCUT2D eigenvalue weighted by molar-refractivity contribution is 5.81. The minimum atomic E-state index is -0.256. The molecule has 5 nitrogen and oxygen atoms in total. The molecular formula is C12H20N4O. The summed E-state index contributed by atoms with van der Waals surface area (Å²) in [5.41, 5.74) is 5.94. The first-order chi connectivity index (χ1) is 8.13. The van der Waals surface area contributed by atoms with E-state index in [9.17, 15) is 4.79 Å². The normalized spacial score (nSPS) is 18.5. The van der Waals surface area contributed by atoms with Gasteiger partial charge in [-0.05, 0) is 19.8 Å². The molecule has 0 bridgehead atoms. The van der Waals surface area contributed by atoms with E-state index in [0.717, 1.165) is 38.1 Å². The molecule has 1 aromatic heterocycles. The Labute approximate surface area is 101 Å². The van der Waals surface area contributed by atoms with Crippen molar-refractivity contribution in [3.63, 3.8) is 0 Å². The van der Waals surface area contributed by atoms with Crippen molar-refractivity contribution >= 4 is 5.78 Å². The maximum Gasteiger partial charge on any atom is 0.142 e. The van der Waals surface area contributed by atoms with Crippen molar-refractivity contribution in [2.45, 2.75) is 57.5 Å². The lowest BCUT2D eigenvalue weighted by atomic mass is 9.91. The average Bonchev–Trinajstić information content (AvgIpc) is 2.87. The first kappa shape index (κ1) is 12.2. The van der Waals surface area contributed by atoms with E-state index in [1.807, 2.05) is 6.92 Å². The predicted octanol–water partition coefficient (Wildman–Crippen LogP) is 1.07. The summed E-state index contributed by atoms with van der Waals surface area (Å²) in [6.07, 6.45) is 6.57. The predicted molar refractivity (Wildman–Crippen MR) is 64.4 cm³/mol. The number of nitrogens with zero attached hydrogens (tertiary/aromatic N) is 3. The van der Waals surface area contributed by atoms with Gasteiger partial charge in [-0.1, -0.05) is 12.8 Å². The topological polar surface area (TPSA) is 73.8 Å². The molecule has 0 atom stereocenters. The molecule has 1 heterocycles. The molecule has 2 rings (SSSR count). The summed E-state index contributed by atoms with van der Waals surface area (Å²) in [6.45, 7) is 2.74. The van der Waals surface area contributed by atoms with Gasteiger partial charge in [0, 0.05) is 18.5 Å². The molecule has 17 heavy (non-hydrogen) atoms. The fourth-order valence-electron chi connectivity index (χ4n) is 2.58.